The van der Waals surface area contributed by atoms with Gasteiger partial charge in [0, 0.05) is 11.6 Å². The fourth-order valence-corrected chi connectivity index (χ4v) is 4.55. The smallest absolute Gasteiger partial charge is 0.416 e. The number of anilines is 1. The van der Waals surface area contributed by atoms with Crippen LogP contribution in [0.1, 0.15) is 21.7 Å². The number of aromatic carboxylic acids is 1. The number of carboxylic acids is 1. The molecule has 4 rings (SSSR count). The molecule has 1 aliphatic heterocycles. The summed E-state index contributed by atoms with van der Waals surface area (Å²) in [5, 5.41) is 9.30. The molecule has 0 unspecified atom stereocenters. The average molecular weight is 510 g/mol. The summed E-state index contributed by atoms with van der Waals surface area (Å²) in [4.78, 5) is 25.3. The van der Waals surface area contributed by atoms with Crippen molar-refractivity contribution in [3.63, 3.8) is 0 Å². The van der Waals surface area contributed by atoms with Gasteiger partial charge in [0.25, 0.3) is 5.91 Å². The van der Waals surface area contributed by atoms with E-state index in [4.69, 9.17) is 28.2 Å². The maximum Gasteiger partial charge on any atom is 0.416 e. The Kier molecular flexibility index (Phi) is 6.08. The number of amides is 1. The molecule has 2 heterocycles. The van der Waals surface area contributed by atoms with Crippen molar-refractivity contribution in [1.29, 1.82) is 0 Å². The second-order valence-corrected chi connectivity index (χ2v) is 8.85. The molecule has 1 aromatic heterocycles. The van der Waals surface area contributed by atoms with Crippen LogP contribution in [0.3, 0.4) is 0 Å². The zero-order chi connectivity index (χ0) is 23.9. The number of carboxylic acid groups (broad SMARTS) is 1. The summed E-state index contributed by atoms with van der Waals surface area (Å²) in [6.07, 6.45) is -3.14. The van der Waals surface area contributed by atoms with Crippen LogP contribution in [0.4, 0.5) is 18.9 Å². The lowest BCUT2D eigenvalue weighted by molar-refractivity contribution is -0.137. The molecular formula is C22H11ClF3NO4S2. The van der Waals surface area contributed by atoms with E-state index in [1.807, 2.05) is 0 Å². The van der Waals surface area contributed by atoms with Gasteiger partial charge in [-0.25, -0.2) is 4.79 Å². The summed E-state index contributed by atoms with van der Waals surface area (Å²) >= 11 is 12.0. The monoisotopic (exact) mass is 509 g/mol. The number of hydrogen-bond donors (Lipinski definition) is 1. The van der Waals surface area contributed by atoms with Gasteiger partial charge >= 0.3 is 12.1 Å². The first-order chi connectivity index (χ1) is 15.5. The highest BCUT2D eigenvalue weighted by Gasteiger charge is 2.36. The largest absolute Gasteiger partial charge is 0.478 e. The molecule has 3 aromatic rings. The minimum atomic E-state index is -4.56. The molecule has 0 spiro atoms. The third-order valence-electron chi connectivity index (χ3n) is 4.61. The van der Waals surface area contributed by atoms with Crippen molar-refractivity contribution in [1.82, 2.24) is 0 Å². The summed E-state index contributed by atoms with van der Waals surface area (Å²) in [7, 11) is 0. The van der Waals surface area contributed by atoms with E-state index < -0.39 is 23.6 Å². The van der Waals surface area contributed by atoms with Gasteiger partial charge in [-0.3, -0.25) is 9.69 Å². The van der Waals surface area contributed by atoms with Crippen LogP contribution >= 0.6 is 35.6 Å². The molecule has 0 aliphatic carbocycles. The van der Waals surface area contributed by atoms with Crippen molar-refractivity contribution in [2.24, 2.45) is 0 Å². The van der Waals surface area contributed by atoms with Crippen molar-refractivity contribution in [3.05, 3.63) is 81.4 Å². The van der Waals surface area contributed by atoms with Gasteiger partial charge in [0.1, 0.15) is 11.5 Å². The molecule has 33 heavy (non-hydrogen) atoms. The fraction of sp³-hybridized carbons (Fsp3) is 0.0455. The highest BCUT2D eigenvalue weighted by atomic mass is 35.5. The Bertz CT molecular complexity index is 1330. The lowest BCUT2D eigenvalue weighted by Crippen LogP contribution is -2.27. The lowest BCUT2D eigenvalue weighted by atomic mass is 10.1. The number of furan rings is 1. The van der Waals surface area contributed by atoms with E-state index in [1.165, 1.54) is 30.3 Å². The van der Waals surface area contributed by atoms with Crippen molar-refractivity contribution in [3.8, 4) is 11.3 Å². The molecule has 1 fully saturated rings. The number of rotatable bonds is 4. The summed E-state index contributed by atoms with van der Waals surface area (Å²) in [5.74, 6) is -1.15. The molecule has 2 aromatic carbocycles. The Labute approximate surface area is 199 Å². The summed E-state index contributed by atoms with van der Waals surface area (Å²) in [5.41, 5.74) is -0.502. The minimum Gasteiger partial charge on any atom is -0.478 e. The molecule has 1 amide bonds. The Morgan fingerprint density at radius 2 is 1.91 bits per heavy atom. The normalized spacial score (nSPS) is 15.5. The van der Waals surface area contributed by atoms with E-state index in [2.05, 4.69) is 0 Å². The summed E-state index contributed by atoms with van der Waals surface area (Å²) < 4.78 is 44.9. The van der Waals surface area contributed by atoms with Gasteiger partial charge in [0.05, 0.1) is 26.7 Å². The SMILES string of the molecule is O=C(O)c1cc(-c2ccc(/C=C3/SC(=S)N(c4cccc(C(F)(F)F)c4)C3=O)o2)ccc1Cl. The molecule has 0 radical (unpaired) electrons. The number of carbonyl (C=O) groups is 2. The molecule has 1 N–H and O–H groups in total. The topological polar surface area (TPSA) is 70.8 Å². The molecule has 11 heteroatoms. The third-order valence-corrected chi connectivity index (χ3v) is 6.24. The van der Waals surface area contributed by atoms with Crippen molar-refractivity contribution in [2.45, 2.75) is 6.18 Å². The number of benzene rings is 2. The van der Waals surface area contributed by atoms with Gasteiger partial charge in [-0.1, -0.05) is 41.6 Å². The van der Waals surface area contributed by atoms with Crippen LogP contribution in [0.2, 0.25) is 5.02 Å². The average Bonchev–Trinajstić information content (AvgIpc) is 3.32. The van der Waals surface area contributed by atoms with Crippen LogP contribution in [0, 0.1) is 0 Å². The number of thioether (sulfide) groups is 1. The molecule has 1 aliphatic rings. The van der Waals surface area contributed by atoms with E-state index in [0.717, 1.165) is 28.8 Å². The Balaban J connectivity index is 1.61. The van der Waals surface area contributed by atoms with Crippen LogP contribution in [0.15, 0.2) is 63.9 Å². The molecular weight excluding hydrogens is 499 g/mol. The number of alkyl halides is 3. The van der Waals surface area contributed by atoms with Crippen molar-refractivity contribution >= 4 is 63.5 Å². The van der Waals surface area contributed by atoms with Gasteiger partial charge in [-0.05, 0) is 48.5 Å². The first-order valence-corrected chi connectivity index (χ1v) is 10.7. The number of halogens is 4. The highest BCUT2D eigenvalue weighted by molar-refractivity contribution is 8.27. The van der Waals surface area contributed by atoms with Crippen LogP contribution < -0.4 is 4.90 Å². The predicted octanol–water partition coefficient (Wildman–Crippen LogP) is 6.72. The first-order valence-electron chi connectivity index (χ1n) is 9.13. The van der Waals surface area contributed by atoms with Gasteiger partial charge < -0.3 is 9.52 Å². The van der Waals surface area contributed by atoms with E-state index in [9.17, 15) is 27.9 Å². The maximum absolute atomic E-state index is 13.0. The number of nitrogens with zero attached hydrogens (tertiary/aromatic N) is 1. The van der Waals surface area contributed by atoms with Gasteiger partial charge in [-0.15, -0.1) is 0 Å². The van der Waals surface area contributed by atoms with Crippen LogP contribution in [-0.2, 0) is 11.0 Å². The zero-order valence-corrected chi connectivity index (χ0v) is 18.6. The Morgan fingerprint density at radius 1 is 1.15 bits per heavy atom. The molecule has 1 saturated heterocycles. The lowest BCUT2D eigenvalue weighted by Gasteiger charge is -2.16. The van der Waals surface area contributed by atoms with E-state index in [-0.39, 0.29) is 31.3 Å². The second kappa shape index (κ2) is 8.69. The van der Waals surface area contributed by atoms with Gasteiger partial charge in [0.15, 0.2) is 4.32 Å². The van der Waals surface area contributed by atoms with Crippen molar-refractivity contribution < 1.29 is 32.3 Å². The number of hydrogen-bond acceptors (Lipinski definition) is 5. The van der Waals surface area contributed by atoms with Crippen LogP contribution in [-0.4, -0.2) is 21.3 Å². The molecule has 5 nitrogen and oxygen atoms in total. The number of carbonyl (C=O) groups excluding carboxylic acids is 1. The standard InChI is InChI=1S/C22H11ClF3NO4S2/c23-16-6-4-11(8-15(16)20(29)30)17-7-5-14(31-17)10-18-19(28)27(21(32)33-18)13-3-1-2-12(9-13)22(24,25)26/h1-10H,(H,29,30)/b18-10+. The van der Waals surface area contributed by atoms with Crippen molar-refractivity contribution in [2.75, 3.05) is 4.90 Å². The maximum atomic E-state index is 13.0. The molecule has 168 valence electrons. The second-order valence-electron chi connectivity index (χ2n) is 6.77. The quantitative estimate of drug-likeness (QED) is 0.311. The van der Waals surface area contributed by atoms with E-state index >= 15 is 0 Å². The summed E-state index contributed by atoms with van der Waals surface area (Å²) in [6, 6.07) is 11.9. The highest BCUT2D eigenvalue weighted by Crippen LogP contribution is 2.39. The van der Waals surface area contributed by atoms with Crippen LogP contribution in [0.25, 0.3) is 17.4 Å². The van der Waals surface area contributed by atoms with Gasteiger partial charge in [-0.2, -0.15) is 13.2 Å². The predicted molar refractivity (Wildman–Crippen MR) is 123 cm³/mol. The fourth-order valence-electron chi connectivity index (χ4n) is 3.07. The van der Waals surface area contributed by atoms with Gasteiger partial charge in [0.2, 0.25) is 0 Å². The third kappa shape index (κ3) is 4.68. The molecule has 0 saturated carbocycles. The minimum absolute atomic E-state index is 0.0122. The summed E-state index contributed by atoms with van der Waals surface area (Å²) in [6.45, 7) is 0. The molecule has 0 bridgehead atoms. The Morgan fingerprint density at radius 3 is 2.61 bits per heavy atom. The van der Waals surface area contributed by atoms with E-state index in [0.29, 0.717) is 11.3 Å². The van der Waals surface area contributed by atoms with E-state index in [1.54, 1.807) is 18.2 Å². The number of thiocarbonyl (C=S) groups is 1. The zero-order valence-electron chi connectivity index (χ0n) is 16.2. The Hall–Kier alpha value is -3.08. The first kappa shape index (κ1) is 23.1. The molecule has 0 atom stereocenters. The van der Waals surface area contributed by atoms with Crippen LogP contribution in [0.5, 0.6) is 0 Å².